The molecular formula is C19H25N3O2S. The lowest BCUT2D eigenvalue weighted by Gasteiger charge is -2.39. The van der Waals surface area contributed by atoms with Gasteiger partial charge in [-0.3, -0.25) is 4.79 Å². The van der Waals surface area contributed by atoms with Crippen LogP contribution in [-0.4, -0.2) is 38.8 Å². The zero-order valence-corrected chi connectivity index (χ0v) is 16.1. The first kappa shape index (κ1) is 18.0. The number of nitrogens with zero attached hydrogens (tertiary/aromatic N) is 3. The minimum absolute atomic E-state index is 0.149. The van der Waals surface area contributed by atoms with Crippen molar-refractivity contribution in [3.05, 3.63) is 29.3 Å². The zero-order chi connectivity index (χ0) is 18.0. The Hall–Kier alpha value is -1.82. The summed E-state index contributed by atoms with van der Waals surface area (Å²) >= 11 is 1.32. The fourth-order valence-electron chi connectivity index (χ4n) is 3.59. The number of piperidine rings is 1. The smallest absolute Gasteiger partial charge is 0.277 e. The maximum atomic E-state index is 12.6. The van der Waals surface area contributed by atoms with Crippen LogP contribution in [0.3, 0.4) is 0 Å². The number of carbonyl (C=O) groups excluding carboxylic acids is 1. The van der Waals surface area contributed by atoms with Gasteiger partial charge >= 0.3 is 0 Å². The zero-order valence-electron chi connectivity index (χ0n) is 15.3. The van der Waals surface area contributed by atoms with Crippen molar-refractivity contribution in [2.24, 2.45) is 0 Å². The summed E-state index contributed by atoms with van der Waals surface area (Å²) in [4.78, 5) is 14.6. The van der Waals surface area contributed by atoms with Crippen molar-refractivity contribution < 1.29 is 9.21 Å². The van der Waals surface area contributed by atoms with Gasteiger partial charge < -0.3 is 9.32 Å². The van der Waals surface area contributed by atoms with Crippen LogP contribution in [0.4, 0.5) is 0 Å². The SMILES string of the molecule is Cc1cc(C)cc(-c2nnc(SCC(=O)N3[C@H](C)CCC[C@@H]3C)o2)c1. The summed E-state index contributed by atoms with van der Waals surface area (Å²) in [5, 5.41) is 8.65. The van der Waals surface area contributed by atoms with E-state index in [0.717, 1.165) is 29.5 Å². The monoisotopic (exact) mass is 359 g/mol. The van der Waals surface area contributed by atoms with Gasteiger partial charge in [-0.2, -0.15) is 0 Å². The Bertz CT molecular complexity index is 729. The summed E-state index contributed by atoms with van der Waals surface area (Å²) in [6, 6.07) is 6.78. The molecule has 0 spiro atoms. The van der Waals surface area contributed by atoms with Gasteiger partial charge in [0.2, 0.25) is 11.8 Å². The second kappa shape index (κ2) is 7.60. The summed E-state index contributed by atoms with van der Waals surface area (Å²) < 4.78 is 5.74. The second-order valence-electron chi connectivity index (χ2n) is 6.97. The minimum atomic E-state index is 0.149. The van der Waals surface area contributed by atoms with E-state index < -0.39 is 0 Å². The molecule has 2 atom stereocenters. The molecule has 1 aromatic carbocycles. The Kier molecular flexibility index (Phi) is 5.47. The van der Waals surface area contributed by atoms with E-state index in [1.807, 2.05) is 30.9 Å². The van der Waals surface area contributed by atoms with Gasteiger partial charge in [-0.1, -0.05) is 29.0 Å². The van der Waals surface area contributed by atoms with Crippen molar-refractivity contribution in [3.8, 4) is 11.5 Å². The van der Waals surface area contributed by atoms with E-state index in [2.05, 4.69) is 30.1 Å². The largest absolute Gasteiger partial charge is 0.411 e. The lowest BCUT2D eigenvalue weighted by Crippen LogP contribution is -2.48. The standard InChI is InChI=1S/C19H25N3O2S/c1-12-8-13(2)10-16(9-12)18-20-21-19(24-18)25-11-17(23)22-14(3)6-5-7-15(22)4/h8-10,14-15H,5-7,11H2,1-4H3/t14-,15+. The van der Waals surface area contributed by atoms with Crippen LogP contribution >= 0.6 is 11.8 Å². The number of hydrogen-bond acceptors (Lipinski definition) is 5. The number of aryl methyl sites for hydroxylation is 2. The number of aromatic nitrogens is 2. The lowest BCUT2D eigenvalue weighted by atomic mass is 9.98. The molecule has 0 unspecified atom stereocenters. The third kappa shape index (κ3) is 4.24. The molecule has 2 aromatic rings. The van der Waals surface area contributed by atoms with Gasteiger partial charge in [-0.05, 0) is 59.1 Å². The van der Waals surface area contributed by atoms with Gasteiger partial charge in [-0.15, -0.1) is 10.2 Å². The fraction of sp³-hybridized carbons (Fsp3) is 0.526. The molecule has 0 N–H and O–H groups in total. The van der Waals surface area contributed by atoms with Crippen LogP contribution in [0, 0.1) is 13.8 Å². The maximum absolute atomic E-state index is 12.6. The number of likely N-dealkylation sites (tertiary alicyclic amines) is 1. The Morgan fingerprint density at radius 2 is 1.80 bits per heavy atom. The van der Waals surface area contributed by atoms with Crippen molar-refractivity contribution >= 4 is 17.7 Å². The predicted octanol–water partition coefficient (Wildman–Crippen LogP) is 4.24. The lowest BCUT2D eigenvalue weighted by molar-refractivity contribution is -0.134. The highest BCUT2D eigenvalue weighted by Crippen LogP contribution is 2.27. The van der Waals surface area contributed by atoms with Gasteiger partial charge in [0, 0.05) is 17.6 Å². The molecule has 1 aliphatic rings. The van der Waals surface area contributed by atoms with Crippen LogP contribution < -0.4 is 0 Å². The third-order valence-corrected chi connectivity index (χ3v) is 5.48. The van der Waals surface area contributed by atoms with E-state index in [4.69, 9.17) is 4.42 Å². The Balaban J connectivity index is 1.64. The highest BCUT2D eigenvalue weighted by atomic mass is 32.2. The number of amides is 1. The topological polar surface area (TPSA) is 59.2 Å². The Morgan fingerprint density at radius 1 is 1.16 bits per heavy atom. The van der Waals surface area contributed by atoms with Crippen LogP contribution in [0.5, 0.6) is 0 Å². The van der Waals surface area contributed by atoms with E-state index >= 15 is 0 Å². The molecular weight excluding hydrogens is 334 g/mol. The van der Waals surface area contributed by atoms with Gasteiger partial charge in [-0.25, -0.2) is 0 Å². The second-order valence-corrected chi connectivity index (χ2v) is 7.89. The van der Waals surface area contributed by atoms with Crippen LogP contribution in [0.1, 0.15) is 44.2 Å². The molecule has 5 nitrogen and oxygen atoms in total. The Labute approximate surface area is 153 Å². The average Bonchev–Trinajstić information content (AvgIpc) is 3.01. The van der Waals surface area contributed by atoms with Crippen molar-refractivity contribution in [2.75, 3.05) is 5.75 Å². The summed E-state index contributed by atoms with van der Waals surface area (Å²) in [5.41, 5.74) is 3.23. The van der Waals surface area contributed by atoms with Crippen LogP contribution in [0.15, 0.2) is 27.8 Å². The molecule has 25 heavy (non-hydrogen) atoms. The van der Waals surface area contributed by atoms with Crippen molar-refractivity contribution in [1.29, 1.82) is 0 Å². The van der Waals surface area contributed by atoms with Gasteiger partial charge in [0.15, 0.2) is 0 Å². The first-order valence-corrected chi connectivity index (χ1v) is 9.78. The van der Waals surface area contributed by atoms with Crippen LogP contribution in [-0.2, 0) is 4.79 Å². The van der Waals surface area contributed by atoms with E-state index in [9.17, 15) is 4.79 Å². The van der Waals surface area contributed by atoms with E-state index in [1.54, 1.807) is 0 Å². The molecule has 1 aliphatic heterocycles. The normalized spacial score (nSPS) is 20.7. The number of carbonyl (C=O) groups is 1. The fourth-order valence-corrected chi connectivity index (χ4v) is 4.23. The summed E-state index contributed by atoms with van der Waals surface area (Å²) in [6.07, 6.45) is 3.36. The summed E-state index contributed by atoms with van der Waals surface area (Å²) in [7, 11) is 0. The number of benzene rings is 1. The molecule has 0 aliphatic carbocycles. The number of hydrogen-bond donors (Lipinski definition) is 0. The summed E-state index contributed by atoms with van der Waals surface area (Å²) in [6.45, 7) is 8.34. The molecule has 6 heteroatoms. The third-order valence-electron chi connectivity index (χ3n) is 4.68. The van der Waals surface area contributed by atoms with E-state index in [1.165, 1.54) is 18.2 Å². The molecule has 2 heterocycles. The minimum Gasteiger partial charge on any atom is -0.411 e. The number of rotatable bonds is 4. The average molecular weight is 359 g/mol. The van der Waals surface area contributed by atoms with Crippen molar-refractivity contribution in [3.63, 3.8) is 0 Å². The van der Waals surface area contributed by atoms with Crippen molar-refractivity contribution in [2.45, 2.75) is 64.3 Å². The van der Waals surface area contributed by atoms with Gasteiger partial charge in [0.1, 0.15) is 0 Å². The molecule has 1 aromatic heterocycles. The quantitative estimate of drug-likeness (QED) is 0.764. The molecule has 1 fully saturated rings. The molecule has 0 bridgehead atoms. The molecule has 1 amide bonds. The van der Waals surface area contributed by atoms with Gasteiger partial charge in [0.05, 0.1) is 5.75 Å². The van der Waals surface area contributed by atoms with Gasteiger partial charge in [0.25, 0.3) is 5.22 Å². The molecule has 3 rings (SSSR count). The van der Waals surface area contributed by atoms with E-state index in [0.29, 0.717) is 29.0 Å². The molecule has 0 radical (unpaired) electrons. The van der Waals surface area contributed by atoms with Crippen LogP contribution in [0.2, 0.25) is 0 Å². The van der Waals surface area contributed by atoms with Crippen LogP contribution in [0.25, 0.3) is 11.5 Å². The molecule has 1 saturated heterocycles. The van der Waals surface area contributed by atoms with E-state index in [-0.39, 0.29) is 5.91 Å². The molecule has 134 valence electrons. The summed E-state index contributed by atoms with van der Waals surface area (Å²) in [5.74, 6) is 0.987. The number of thioether (sulfide) groups is 1. The maximum Gasteiger partial charge on any atom is 0.277 e. The predicted molar refractivity (Wildman–Crippen MR) is 99.6 cm³/mol. The highest BCUT2D eigenvalue weighted by molar-refractivity contribution is 7.99. The highest BCUT2D eigenvalue weighted by Gasteiger charge is 2.29. The Morgan fingerprint density at radius 3 is 2.44 bits per heavy atom. The molecule has 0 saturated carbocycles. The van der Waals surface area contributed by atoms with Crippen molar-refractivity contribution in [1.82, 2.24) is 15.1 Å². The first-order valence-electron chi connectivity index (χ1n) is 8.80. The first-order chi connectivity index (χ1) is 11.9.